The minimum atomic E-state index is -1.04. The maximum atomic E-state index is 12.6. The fourth-order valence-corrected chi connectivity index (χ4v) is 3.56. The zero-order valence-electron chi connectivity index (χ0n) is 17.8. The third-order valence-electron chi connectivity index (χ3n) is 5.44. The van der Waals surface area contributed by atoms with Gasteiger partial charge in [-0.2, -0.15) is 0 Å². The second-order valence-electron chi connectivity index (χ2n) is 7.74. The summed E-state index contributed by atoms with van der Waals surface area (Å²) in [7, 11) is 0. The Balaban J connectivity index is 1.57. The summed E-state index contributed by atoms with van der Waals surface area (Å²) in [6, 6.07) is 16.0. The number of esters is 1. The van der Waals surface area contributed by atoms with Crippen LogP contribution in [0.1, 0.15) is 49.2 Å². The van der Waals surface area contributed by atoms with Gasteiger partial charge in [0.05, 0.1) is 12.0 Å². The number of amides is 2. The molecule has 1 N–H and O–H groups in total. The molecule has 1 aliphatic rings. The molecular weight excluding hydrogens is 396 g/mol. The highest BCUT2D eigenvalue weighted by atomic mass is 16.5. The molecule has 2 amide bonds. The molecule has 0 unspecified atom stereocenters. The minimum absolute atomic E-state index is 0.0605. The van der Waals surface area contributed by atoms with Crippen molar-refractivity contribution in [3.05, 3.63) is 65.7 Å². The second kappa shape index (κ2) is 9.55. The number of anilines is 1. The second-order valence-corrected chi connectivity index (χ2v) is 7.74. The number of carbonyl (C=O) groups is 4. The molecule has 0 bridgehead atoms. The van der Waals surface area contributed by atoms with Crippen LogP contribution in [-0.2, 0) is 19.1 Å². The Bertz CT molecular complexity index is 988. The standard InChI is InChI=1S/C24H26N2O5/c1-15(18-8-5-4-6-9-18)26-14-20(13-22(26)28)24(30)31-17(3)23(29)25-21-11-7-10-19(12-21)16(2)27/h4-12,15,17,20H,13-14H2,1-3H3,(H,25,29)/t15-,17-,20+/m0/s1. The van der Waals surface area contributed by atoms with Gasteiger partial charge >= 0.3 is 5.97 Å². The van der Waals surface area contributed by atoms with Crippen LogP contribution in [0.25, 0.3) is 0 Å². The van der Waals surface area contributed by atoms with Crippen molar-refractivity contribution >= 4 is 29.3 Å². The lowest BCUT2D eigenvalue weighted by molar-refractivity contribution is -0.157. The van der Waals surface area contributed by atoms with E-state index in [4.69, 9.17) is 4.74 Å². The number of nitrogens with one attached hydrogen (secondary N) is 1. The lowest BCUT2D eigenvalue weighted by Crippen LogP contribution is -2.33. The van der Waals surface area contributed by atoms with Gasteiger partial charge in [-0.05, 0) is 38.5 Å². The first-order valence-electron chi connectivity index (χ1n) is 10.2. The summed E-state index contributed by atoms with van der Waals surface area (Å²) in [5, 5.41) is 2.64. The molecule has 0 aliphatic carbocycles. The number of ketones is 1. The van der Waals surface area contributed by atoms with E-state index in [1.54, 1.807) is 29.2 Å². The van der Waals surface area contributed by atoms with Crippen LogP contribution in [0.15, 0.2) is 54.6 Å². The monoisotopic (exact) mass is 422 g/mol. The molecule has 2 aromatic rings. The smallest absolute Gasteiger partial charge is 0.312 e. The van der Waals surface area contributed by atoms with Crippen molar-refractivity contribution in [2.24, 2.45) is 5.92 Å². The molecule has 2 aromatic carbocycles. The molecular formula is C24H26N2O5. The molecule has 1 aliphatic heterocycles. The summed E-state index contributed by atoms with van der Waals surface area (Å²) in [5.74, 6) is -1.92. The van der Waals surface area contributed by atoms with Crippen LogP contribution in [0.2, 0.25) is 0 Å². The SMILES string of the molecule is CC(=O)c1cccc(NC(=O)[C@H](C)OC(=O)[C@@H]2CC(=O)N([C@@H](C)c3ccccc3)C2)c1. The molecule has 1 fully saturated rings. The largest absolute Gasteiger partial charge is 0.452 e. The minimum Gasteiger partial charge on any atom is -0.452 e. The highest BCUT2D eigenvalue weighted by Gasteiger charge is 2.38. The third kappa shape index (κ3) is 5.36. The van der Waals surface area contributed by atoms with Gasteiger partial charge in [-0.25, -0.2) is 0 Å². The van der Waals surface area contributed by atoms with Crippen LogP contribution >= 0.6 is 0 Å². The number of ether oxygens (including phenoxy) is 1. The number of rotatable bonds is 7. The van der Waals surface area contributed by atoms with E-state index in [0.29, 0.717) is 11.3 Å². The molecule has 31 heavy (non-hydrogen) atoms. The number of likely N-dealkylation sites (tertiary alicyclic amines) is 1. The number of carbonyl (C=O) groups excluding carboxylic acids is 4. The van der Waals surface area contributed by atoms with Gasteiger partial charge in [-0.1, -0.05) is 42.5 Å². The van der Waals surface area contributed by atoms with Crippen molar-refractivity contribution in [1.82, 2.24) is 4.90 Å². The fourth-order valence-electron chi connectivity index (χ4n) is 3.56. The van der Waals surface area contributed by atoms with E-state index >= 15 is 0 Å². The Hall–Kier alpha value is -3.48. The van der Waals surface area contributed by atoms with Crippen molar-refractivity contribution in [3.8, 4) is 0 Å². The first-order chi connectivity index (χ1) is 14.8. The van der Waals surface area contributed by atoms with Gasteiger partial charge in [-0.3, -0.25) is 19.2 Å². The van der Waals surface area contributed by atoms with E-state index in [0.717, 1.165) is 5.56 Å². The van der Waals surface area contributed by atoms with Gasteiger partial charge in [0.15, 0.2) is 11.9 Å². The molecule has 3 rings (SSSR count). The maximum absolute atomic E-state index is 12.6. The van der Waals surface area contributed by atoms with Crippen molar-refractivity contribution in [2.75, 3.05) is 11.9 Å². The maximum Gasteiger partial charge on any atom is 0.312 e. The van der Waals surface area contributed by atoms with Crippen molar-refractivity contribution in [2.45, 2.75) is 39.3 Å². The molecule has 0 aromatic heterocycles. The van der Waals surface area contributed by atoms with Crippen LogP contribution in [0.4, 0.5) is 5.69 Å². The average molecular weight is 422 g/mol. The topological polar surface area (TPSA) is 92.8 Å². The quantitative estimate of drug-likeness (QED) is 0.546. The van der Waals surface area contributed by atoms with Gasteiger partial charge in [0.25, 0.3) is 5.91 Å². The summed E-state index contributed by atoms with van der Waals surface area (Å²) in [6.07, 6.45) is -0.977. The van der Waals surface area contributed by atoms with E-state index in [1.165, 1.54) is 13.8 Å². The van der Waals surface area contributed by atoms with E-state index in [1.807, 2.05) is 37.3 Å². The van der Waals surface area contributed by atoms with Crippen LogP contribution in [0.5, 0.6) is 0 Å². The zero-order valence-corrected chi connectivity index (χ0v) is 17.8. The predicted octanol–water partition coefficient (Wildman–Crippen LogP) is 3.37. The molecule has 0 radical (unpaired) electrons. The van der Waals surface area contributed by atoms with Crippen LogP contribution in [0.3, 0.4) is 0 Å². The number of Topliss-reactive ketones (excluding diaryl/α,β-unsaturated/α-hetero) is 1. The van der Waals surface area contributed by atoms with E-state index in [-0.39, 0.29) is 30.7 Å². The summed E-state index contributed by atoms with van der Waals surface area (Å²) in [4.78, 5) is 50.6. The average Bonchev–Trinajstić information content (AvgIpc) is 3.15. The molecule has 0 saturated carbocycles. The number of hydrogen-bond donors (Lipinski definition) is 1. The molecule has 3 atom stereocenters. The molecule has 0 spiro atoms. The summed E-state index contributed by atoms with van der Waals surface area (Å²) >= 11 is 0. The highest BCUT2D eigenvalue weighted by Crippen LogP contribution is 2.29. The number of hydrogen-bond acceptors (Lipinski definition) is 5. The van der Waals surface area contributed by atoms with Crippen LogP contribution < -0.4 is 5.32 Å². The third-order valence-corrected chi connectivity index (χ3v) is 5.44. The van der Waals surface area contributed by atoms with Gasteiger partial charge in [-0.15, -0.1) is 0 Å². The molecule has 162 valence electrons. The van der Waals surface area contributed by atoms with Crippen LogP contribution in [-0.4, -0.2) is 41.1 Å². The Kier molecular flexibility index (Phi) is 6.84. The van der Waals surface area contributed by atoms with E-state index in [2.05, 4.69) is 5.32 Å². The van der Waals surface area contributed by atoms with Crippen molar-refractivity contribution in [1.29, 1.82) is 0 Å². The van der Waals surface area contributed by atoms with Gasteiger partial charge in [0.2, 0.25) is 5.91 Å². The van der Waals surface area contributed by atoms with E-state index in [9.17, 15) is 19.2 Å². The first kappa shape index (κ1) is 22.2. The van der Waals surface area contributed by atoms with E-state index < -0.39 is 23.9 Å². The Morgan fingerprint density at radius 3 is 2.45 bits per heavy atom. The van der Waals surface area contributed by atoms with Crippen molar-refractivity contribution in [3.63, 3.8) is 0 Å². The summed E-state index contributed by atoms with van der Waals surface area (Å²) in [6.45, 7) is 5.09. The lowest BCUT2D eigenvalue weighted by atomic mass is 10.1. The Morgan fingerprint density at radius 2 is 1.77 bits per heavy atom. The summed E-state index contributed by atoms with van der Waals surface area (Å²) in [5.41, 5.74) is 1.91. The fraction of sp³-hybridized carbons (Fsp3) is 0.333. The molecule has 1 saturated heterocycles. The number of benzene rings is 2. The molecule has 7 heteroatoms. The van der Waals surface area contributed by atoms with Gasteiger partial charge in [0.1, 0.15) is 0 Å². The zero-order chi connectivity index (χ0) is 22.5. The summed E-state index contributed by atoms with van der Waals surface area (Å²) < 4.78 is 5.33. The predicted molar refractivity (Wildman–Crippen MR) is 115 cm³/mol. The molecule has 1 heterocycles. The first-order valence-corrected chi connectivity index (χ1v) is 10.2. The Labute approximate surface area is 181 Å². The van der Waals surface area contributed by atoms with Crippen LogP contribution in [0, 0.1) is 5.92 Å². The highest BCUT2D eigenvalue weighted by molar-refractivity contribution is 5.98. The normalized spacial score (nSPS) is 17.7. The van der Waals surface area contributed by atoms with Gasteiger partial charge < -0.3 is 15.0 Å². The Morgan fingerprint density at radius 1 is 1.06 bits per heavy atom. The molecule has 7 nitrogen and oxygen atoms in total. The number of nitrogens with zero attached hydrogens (tertiary/aromatic N) is 1. The van der Waals surface area contributed by atoms with Crippen molar-refractivity contribution < 1.29 is 23.9 Å². The lowest BCUT2D eigenvalue weighted by Gasteiger charge is -2.25. The van der Waals surface area contributed by atoms with Gasteiger partial charge in [0, 0.05) is 24.2 Å².